The van der Waals surface area contributed by atoms with Crippen LogP contribution in [0.5, 0.6) is 0 Å². The molecule has 1 saturated carbocycles. The number of Topliss-reactive ketones (excluding diaryl/α,β-unsaturated/α-hetero) is 1. The summed E-state index contributed by atoms with van der Waals surface area (Å²) in [5, 5.41) is 0. The zero-order valence-electron chi connectivity index (χ0n) is 8.04. The number of rotatable bonds is 2. The molecule has 2 aliphatic rings. The molecule has 1 saturated heterocycles. The zero-order chi connectivity index (χ0) is 9.26. The molecule has 0 aromatic heterocycles. The maximum atomic E-state index is 11.7. The molecule has 2 unspecified atom stereocenters. The van der Waals surface area contributed by atoms with Crippen LogP contribution in [0.2, 0.25) is 0 Å². The van der Waals surface area contributed by atoms with Gasteiger partial charge in [0.25, 0.3) is 0 Å². The van der Waals surface area contributed by atoms with E-state index in [-0.39, 0.29) is 0 Å². The molecule has 0 amide bonds. The summed E-state index contributed by atoms with van der Waals surface area (Å²) >= 11 is 0. The molecular weight excluding hydrogens is 164 g/mol. The fourth-order valence-corrected chi connectivity index (χ4v) is 2.65. The smallest absolute Gasteiger partial charge is 0.141 e. The lowest BCUT2D eigenvalue weighted by Crippen LogP contribution is -2.50. The first kappa shape index (κ1) is 9.16. The van der Waals surface area contributed by atoms with Crippen molar-refractivity contribution < 1.29 is 4.79 Å². The lowest BCUT2D eigenvalue weighted by molar-refractivity contribution is -0.134. The minimum absolute atomic E-state index is 0.332. The van der Waals surface area contributed by atoms with Crippen LogP contribution in [0, 0.1) is 11.8 Å². The van der Waals surface area contributed by atoms with Gasteiger partial charge in [0.05, 0.1) is 0 Å². The summed E-state index contributed by atoms with van der Waals surface area (Å²) < 4.78 is 0. The Morgan fingerprint density at radius 2 is 1.92 bits per heavy atom. The Morgan fingerprint density at radius 1 is 1.31 bits per heavy atom. The molecule has 13 heavy (non-hydrogen) atoms. The van der Waals surface area contributed by atoms with Gasteiger partial charge in [-0.1, -0.05) is 6.42 Å². The molecule has 3 nitrogen and oxygen atoms in total. The first-order valence-electron chi connectivity index (χ1n) is 5.27. The van der Waals surface area contributed by atoms with Crippen molar-refractivity contribution in [3.05, 3.63) is 0 Å². The number of nitrogens with two attached hydrogens (primary N) is 1. The molecule has 2 fully saturated rings. The monoisotopic (exact) mass is 182 g/mol. The van der Waals surface area contributed by atoms with Crippen LogP contribution in [-0.2, 0) is 4.79 Å². The largest absolute Gasteiger partial charge is 0.329 e. The van der Waals surface area contributed by atoms with Crippen molar-refractivity contribution >= 4 is 5.78 Å². The van der Waals surface area contributed by atoms with Crippen molar-refractivity contribution in [2.75, 3.05) is 26.2 Å². The van der Waals surface area contributed by atoms with Crippen molar-refractivity contribution in [2.45, 2.75) is 19.3 Å². The van der Waals surface area contributed by atoms with Gasteiger partial charge in [-0.25, -0.2) is 0 Å². The van der Waals surface area contributed by atoms with Crippen LogP contribution in [0.1, 0.15) is 19.3 Å². The number of carbonyl (C=O) groups excluding carboxylic acids is 1. The lowest BCUT2D eigenvalue weighted by atomic mass is 9.77. The van der Waals surface area contributed by atoms with Gasteiger partial charge in [0.15, 0.2) is 0 Å². The van der Waals surface area contributed by atoms with E-state index in [4.69, 9.17) is 5.73 Å². The minimum Gasteiger partial charge on any atom is -0.329 e. The summed E-state index contributed by atoms with van der Waals surface area (Å²) in [6.07, 6.45) is 3.46. The Balaban J connectivity index is 1.99. The molecular formula is C10H18N2O. The number of piperidine rings is 1. The molecule has 1 heterocycles. The van der Waals surface area contributed by atoms with Crippen LogP contribution < -0.4 is 5.73 Å². The number of hydrogen-bond acceptors (Lipinski definition) is 3. The van der Waals surface area contributed by atoms with E-state index in [0.717, 1.165) is 32.5 Å². The van der Waals surface area contributed by atoms with Gasteiger partial charge < -0.3 is 10.6 Å². The number of ketones is 1. The lowest BCUT2D eigenvalue weighted by Gasteiger charge is -2.39. The van der Waals surface area contributed by atoms with Gasteiger partial charge in [-0.3, -0.25) is 4.79 Å². The highest BCUT2D eigenvalue weighted by Gasteiger charge is 2.37. The molecule has 0 radical (unpaired) electrons. The first-order valence-corrected chi connectivity index (χ1v) is 5.27. The number of likely N-dealkylation sites (tertiary alicyclic amines) is 1. The van der Waals surface area contributed by atoms with E-state index >= 15 is 0 Å². The molecule has 0 aromatic rings. The van der Waals surface area contributed by atoms with Gasteiger partial charge in [0.1, 0.15) is 5.78 Å². The van der Waals surface area contributed by atoms with Crippen molar-refractivity contribution in [1.82, 2.24) is 4.90 Å². The highest BCUT2D eigenvalue weighted by atomic mass is 16.1. The van der Waals surface area contributed by atoms with Crippen LogP contribution in [0.15, 0.2) is 0 Å². The SMILES string of the molecule is NCCN1CC2CCCC(C1)C2=O. The summed E-state index contributed by atoms with van der Waals surface area (Å²) in [6, 6.07) is 0. The van der Waals surface area contributed by atoms with Gasteiger partial charge in [0, 0.05) is 38.0 Å². The standard InChI is InChI=1S/C10H18N2O/c11-4-5-12-6-8-2-1-3-9(7-12)10(8)13/h8-9H,1-7,11H2. The van der Waals surface area contributed by atoms with Crippen molar-refractivity contribution in [3.8, 4) is 0 Å². The second kappa shape index (κ2) is 3.76. The topological polar surface area (TPSA) is 46.3 Å². The third-order valence-electron chi connectivity index (χ3n) is 3.31. The molecule has 2 atom stereocenters. The van der Waals surface area contributed by atoms with Gasteiger partial charge in [-0.05, 0) is 12.8 Å². The Morgan fingerprint density at radius 3 is 2.46 bits per heavy atom. The quantitative estimate of drug-likeness (QED) is 0.665. The third kappa shape index (κ3) is 1.76. The molecule has 0 spiro atoms. The van der Waals surface area contributed by atoms with Crippen LogP contribution in [0.3, 0.4) is 0 Å². The average molecular weight is 182 g/mol. The minimum atomic E-state index is 0.332. The summed E-state index contributed by atoms with van der Waals surface area (Å²) in [5.41, 5.74) is 5.52. The van der Waals surface area contributed by atoms with E-state index in [9.17, 15) is 4.79 Å². The second-order valence-corrected chi connectivity index (χ2v) is 4.28. The highest BCUT2D eigenvalue weighted by molar-refractivity contribution is 5.85. The van der Waals surface area contributed by atoms with E-state index in [1.54, 1.807) is 0 Å². The molecule has 1 aliphatic heterocycles. The molecule has 2 bridgehead atoms. The van der Waals surface area contributed by atoms with Crippen molar-refractivity contribution in [2.24, 2.45) is 17.6 Å². The summed E-state index contributed by atoms with van der Waals surface area (Å²) in [5.74, 6) is 1.19. The molecule has 3 heteroatoms. The summed E-state index contributed by atoms with van der Waals surface area (Å²) in [6.45, 7) is 3.60. The maximum absolute atomic E-state index is 11.7. The zero-order valence-corrected chi connectivity index (χ0v) is 8.04. The normalized spacial score (nSPS) is 35.0. The maximum Gasteiger partial charge on any atom is 0.141 e. The Labute approximate surface area is 79.3 Å². The molecule has 2 N–H and O–H groups in total. The summed E-state index contributed by atoms with van der Waals surface area (Å²) in [7, 11) is 0. The number of hydrogen-bond donors (Lipinski definition) is 1. The van der Waals surface area contributed by atoms with Gasteiger partial charge in [0.2, 0.25) is 0 Å². The molecule has 2 rings (SSSR count). The predicted molar refractivity (Wildman–Crippen MR) is 51.3 cm³/mol. The first-order chi connectivity index (χ1) is 6.31. The Hall–Kier alpha value is -0.410. The average Bonchev–Trinajstić information content (AvgIpc) is 2.07. The summed E-state index contributed by atoms with van der Waals surface area (Å²) in [4.78, 5) is 14.1. The molecule has 1 aliphatic carbocycles. The van der Waals surface area contributed by atoms with Crippen LogP contribution in [-0.4, -0.2) is 36.9 Å². The number of nitrogens with zero attached hydrogens (tertiary/aromatic N) is 1. The van der Waals surface area contributed by atoms with Crippen LogP contribution in [0.25, 0.3) is 0 Å². The van der Waals surface area contributed by atoms with E-state index in [0.29, 0.717) is 24.2 Å². The van der Waals surface area contributed by atoms with E-state index < -0.39 is 0 Å². The van der Waals surface area contributed by atoms with E-state index in [1.807, 2.05) is 0 Å². The second-order valence-electron chi connectivity index (χ2n) is 4.28. The number of carbonyl (C=O) groups is 1. The molecule has 74 valence electrons. The van der Waals surface area contributed by atoms with E-state index in [2.05, 4.69) is 4.90 Å². The fraction of sp³-hybridized carbons (Fsp3) is 0.900. The van der Waals surface area contributed by atoms with Crippen molar-refractivity contribution in [3.63, 3.8) is 0 Å². The molecule has 0 aromatic carbocycles. The van der Waals surface area contributed by atoms with Crippen LogP contribution in [0.4, 0.5) is 0 Å². The predicted octanol–water partition coefficient (Wildman–Crippen LogP) is 0.246. The highest BCUT2D eigenvalue weighted by Crippen LogP contribution is 2.31. The van der Waals surface area contributed by atoms with E-state index in [1.165, 1.54) is 6.42 Å². The van der Waals surface area contributed by atoms with Gasteiger partial charge >= 0.3 is 0 Å². The number of fused-ring (bicyclic) bond motifs is 2. The third-order valence-corrected chi connectivity index (χ3v) is 3.31. The fourth-order valence-electron chi connectivity index (χ4n) is 2.65. The van der Waals surface area contributed by atoms with Gasteiger partial charge in [-0.15, -0.1) is 0 Å². The van der Waals surface area contributed by atoms with Crippen molar-refractivity contribution in [1.29, 1.82) is 0 Å². The van der Waals surface area contributed by atoms with Gasteiger partial charge in [-0.2, -0.15) is 0 Å². The van der Waals surface area contributed by atoms with Crippen LogP contribution >= 0.6 is 0 Å². The Bertz CT molecular complexity index is 189. The Kier molecular flexibility index (Phi) is 2.65.